The maximum absolute atomic E-state index is 11.8. The summed E-state index contributed by atoms with van der Waals surface area (Å²) >= 11 is 6.91. The van der Waals surface area contributed by atoms with Gasteiger partial charge in [-0.15, -0.1) is 11.3 Å². The van der Waals surface area contributed by atoms with Crippen molar-refractivity contribution >= 4 is 39.6 Å². The van der Waals surface area contributed by atoms with Crippen molar-refractivity contribution in [2.24, 2.45) is 0 Å². The minimum absolute atomic E-state index is 0.119. The molecular weight excluding hydrogens is 340 g/mol. The molecule has 0 spiro atoms. The quantitative estimate of drug-likeness (QED) is 0.602. The van der Waals surface area contributed by atoms with E-state index in [4.69, 9.17) is 17.0 Å². The lowest BCUT2D eigenvalue weighted by Crippen LogP contribution is -2.32. The maximum atomic E-state index is 11.8. The fraction of sp³-hybridized carbons (Fsp3) is 0.333. The molecule has 0 aliphatic heterocycles. The molecule has 24 heavy (non-hydrogen) atoms. The van der Waals surface area contributed by atoms with Crippen LogP contribution in [0.5, 0.6) is 0 Å². The number of hydrogen-bond acceptors (Lipinski definition) is 4. The van der Waals surface area contributed by atoms with Gasteiger partial charge in [0.25, 0.3) is 0 Å². The molecule has 2 rings (SSSR count). The number of thiocarbonyl (C=S) groups is 1. The average molecular weight is 363 g/mol. The van der Waals surface area contributed by atoms with Crippen LogP contribution in [0.2, 0.25) is 0 Å². The number of aryl methyl sites for hydroxylation is 2. The van der Waals surface area contributed by atoms with Gasteiger partial charge in [-0.25, -0.2) is 4.79 Å². The molecule has 0 radical (unpaired) electrons. The molecule has 6 heteroatoms. The van der Waals surface area contributed by atoms with Gasteiger partial charge in [0.1, 0.15) is 5.00 Å². The van der Waals surface area contributed by atoms with Crippen molar-refractivity contribution in [2.45, 2.75) is 33.2 Å². The van der Waals surface area contributed by atoms with Gasteiger partial charge < -0.3 is 15.4 Å². The summed E-state index contributed by atoms with van der Waals surface area (Å²) < 4.78 is 4.82. The third-order valence-corrected chi connectivity index (χ3v) is 4.87. The van der Waals surface area contributed by atoms with E-state index in [0.717, 1.165) is 11.3 Å². The first-order valence-corrected chi connectivity index (χ1v) is 9.00. The molecule has 1 unspecified atom stereocenters. The van der Waals surface area contributed by atoms with Crippen LogP contribution in [0.25, 0.3) is 0 Å². The lowest BCUT2D eigenvalue weighted by Gasteiger charge is -2.20. The van der Waals surface area contributed by atoms with E-state index in [-0.39, 0.29) is 12.0 Å². The van der Waals surface area contributed by atoms with E-state index in [1.807, 2.05) is 6.92 Å². The molecule has 0 bridgehead atoms. The number of hydrogen-bond donors (Lipinski definition) is 2. The Bertz CT molecular complexity index is 723. The molecule has 4 nitrogen and oxygen atoms in total. The molecule has 0 saturated heterocycles. The highest BCUT2D eigenvalue weighted by atomic mass is 32.1. The van der Waals surface area contributed by atoms with E-state index in [1.165, 1.54) is 29.6 Å². The van der Waals surface area contributed by atoms with E-state index in [2.05, 4.69) is 48.7 Å². The number of benzene rings is 1. The number of thiophene rings is 1. The fourth-order valence-electron chi connectivity index (χ4n) is 2.39. The first-order chi connectivity index (χ1) is 11.4. The molecule has 2 N–H and O–H groups in total. The fourth-order valence-corrected chi connectivity index (χ4v) is 3.60. The highest BCUT2D eigenvalue weighted by Crippen LogP contribution is 2.28. The van der Waals surface area contributed by atoms with E-state index in [9.17, 15) is 4.79 Å². The van der Waals surface area contributed by atoms with Gasteiger partial charge in [-0.2, -0.15) is 0 Å². The van der Waals surface area contributed by atoms with E-state index < -0.39 is 0 Å². The maximum Gasteiger partial charge on any atom is 0.340 e. The van der Waals surface area contributed by atoms with Crippen LogP contribution in [0.4, 0.5) is 5.00 Å². The van der Waals surface area contributed by atoms with Gasteiger partial charge >= 0.3 is 5.97 Å². The Balaban J connectivity index is 2.09. The minimum atomic E-state index is -0.366. The van der Waals surface area contributed by atoms with Gasteiger partial charge in [-0.3, -0.25) is 0 Å². The van der Waals surface area contributed by atoms with Gasteiger partial charge in [-0.1, -0.05) is 36.8 Å². The number of methoxy groups -OCH3 is 1. The second kappa shape index (κ2) is 8.26. The topological polar surface area (TPSA) is 50.4 Å². The highest BCUT2D eigenvalue weighted by Gasteiger charge is 2.17. The predicted molar refractivity (Wildman–Crippen MR) is 104 cm³/mol. The Hall–Kier alpha value is -1.92. The average Bonchev–Trinajstić information content (AvgIpc) is 2.93. The number of carbonyl (C=O) groups excluding carboxylic acids is 1. The van der Waals surface area contributed by atoms with Crippen molar-refractivity contribution < 1.29 is 9.53 Å². The van der Waals surface area contributed by atoms with Crippen LogP contribution in [0.3, 0.4) is 0 Å². The largest absolute Gasteiger partial charge is 0.465 e. The van der Waals surface area contributed by atoms with E-state index in [0.29, 0.717) is 15.7 Å². The molecule has 2 aromatic rings. The third-order valence-electron chi connectivity index (χ3n) is 3.68. The van der Waals surface area contributed by atoms with Crippen LogP contribution in [0.15, 0.2) is 30.3 Å². The molecule has 0 aliphatic rings. The molecule has 128 valence electrons. The molecule has 0 fully saturated rings. The Labute approximate surface area is 152 Å². The molecule has 0 saturated carbocycles. The summed E-state index contributed by atoms with van der Waals surface area (Å²) in [5.74, 6) is -0.366. The highest BCUT2D eigenvalue weighted by molar-refractivity contribution is 7.80. The predicted octanol–water partition coefficient (Wildman–Crippen LogP) is 4.59. The van der Waals surface area contributed by atoms with Crippen molar-refractivity contribution in [3.8, 4) is 0 Å². The molecule has 0 aliphatic carbocycles. The number of anilines is 1. The van der Waals surface area contributed by atoms with E-state index in [1.54, 1.807) is 6.07 Å². The standard InChI is InChI=1S/C18H22N2O2S2/c1-5-15(13-8-6-11(2)7-9-13)19-18(23)20-16-14(17(21)22-4)10-12(3)24-16/h6-10,15H,5H2,1-4H3,(H2,19,20,23). The summed E-state index contributed by atoms with van der Waals surface area (Å²) in [4.78, 5) is 12.9. The SMILES string of the molecule is CCC(NC(=S)Nc1sc(C)cc1C(=O)OC)c1ccc(C)cc1. The van der Waals surface area contributed by atoms with Crippen molar-refractivity contribution in [3.63, 3.8) is 0 Å². The zero-order chi connectivity index (χ0) is 17.7. The zero-order valence-corrected chi connectivity index (χ0v) is 15.9. The van der Waals surface area contributed by atoms with Crippen molar-refractivity contribution in [2.75, 3.05) is 12.4 Å². The number of esters is 1. The van der Waals surface area contributed by atoms with Crippen LogP contribution in [0, 0.1) is 13.8 Å². The van der Waals surface area contributed by atoms with Crippen LogP contribution < -0.4 is 10.6 Å². The van der Waals surface area contributed by atoms with Gasteiger partial charge in [0.05, 0.1) is 18.7 Å². The summed E-state index contributed by atoms with van der Waals surface area (Å²) in [5.41, 5.74) is 2.92. The molecule has 0 amide bonds. The zero-order valence-electron chi connectivity index (χ0n) is 14.3. The molecule has 1 atom stereocenters. The number of nitrogens with one attached hydrogen (secondary N) is 2. The summed E-state index contributed by atoms with van der Waals surface area (Å²) in [7, 11) is 1.38. The van der Waals surface area contributed by atoms with Crippen molar-refractivity contribution in [1.29, 1.82) is 0 Å². The lowest BCUT2D eigenvalue weighted by molar-refractivity contribution is 0.0602. The Kier molecular flexibility index (Phi) is 6.34. The Morgan fingerprint density at radius 2 is 1.96 bits per heavy atom. The smallest absolute Gasteiger partial charge is 0.340 e. The first kappa shape index (κ1) is 18.4. The number of ether oxygens (including phenoxy) is 1. The van der Waals surface area contributed by atoms with Gasteiger partial charge in [0, 0.05) is 4.88 Å². The molecule has 1 aromatic carbocycles. The second-order valence-corrected chi connectivity index (χ2v) is 7.23. The Morgan fingerprint density at radius 1 is 1.29 bits per heavy atom. The second-order valence-electron chi connectivity index (χ2n) is 5.56. The molecule has 1 heterocycles. The van der Waals surface area contributed by atoms with Crippen LogP contribution >= 0.6 is 23.6 Å². The molecule has 1 aromatic heterocycles. The monoisotopic (exact) mass is 362 g/mol. The molecular formula is C18H22N2O2S2. The first-order valence-electron chi connectivity index (χ1n) is 7.77. The lowest BCUT2D eigenvalue weighted by atomic mass is 10.0. The van der Waals surface area contributed by atoms with Crippen LogP contribution in [-0.4, -0.2) is 18.2 Å². The van der Waals surface area contributed by atoms with E-state index >= 15 is 0 Å². The van der Waals surface area contributed by atoms with Crippen LogP contribution in [-0.2, 0) is 4.74 Å². The van der Waals surface area contributed by atoms with Gasteiger partial charge in [0.2, 0.25) is 0 Å². The van der Waals surface area contributed by atoms with Crippen molar-refractivity contribution in [1.82, 2.24) is 5.32 Å². The minimum Gasteiger partial charge on any atom is -0.465 e. The van der Waals surface area contributed by atoms with Gasteiger partial charge in [0.15, 0.2) is 5.11 Å². The summed E-state index contributed by atoms with van der Waals surface area (Å²) in [6.07, 6.45) is 0.901. The Morgan fingerprint density at radius 3 is 2.54 bits per heavy atom. The number of carbonyl (C=O) groups is 1. The van der Waals surface area contributed by atoms with Crippen LogP contribution in [0.1, 0.15) is 45.7 Å². The third kappa shape index (κ3) is 4.55. The normalized spacial score (nSPS) is 11.7. The number of rotatable bonds is 5. The van der Waals surface area contributed by atoms with Crippen molar-refractivity contribution in [3.05, 3.63) is 51.9 Å². The summed E-state index contributed by atoms with van der Waals surface area (Å²) in [5, 5.41) is 7.65. The summed E-state index contributed by atoms with van der Waals surface area (Å²) in [6.45, 7) is 6.12. The summed E-state index contributed by atoms with van der Waals surface area (Å²) in [6, 6.07) is 10.3. The van der Waals surface area contributed by atoms with Gasteiger partial charge in [-0.05, 0) is 44.1 Å².